The summed E-state index contributed by atoms with van der Waals surface area (Å²) in [5.74, 6) is -0.298. The zero-order valence-corrected chi connectivity index (χ0v) is 18.6. The monoisotopic (exact) mass is 439 g/mol. The summed E-state index contributed by atoms with van der Waals surface area (Å²) in [4.78, 5) is 38.9. The molecule has 0 aromatic heterocycles. The first-order valence-electron chi connectivity index (χ1n) is 10.7. The van der Waals surface area contributed by atoms with Gasteiger partial charge in [-0.25, -0.2) is 4.79 Å². The van der Waals surface area contributed by atoms with E-state index in [2.05, 4.69) is 15.4 Å². The van der Waals surface area contributed by atoms with Crippen LogP contribution in [0, 0.1) is 0 Å². The van der Waals surface area contributed by atoms with Gasteiger partial charge in [0.1, 0.15) is 5.75 Å². The maximum atomic E-state index is 12.8. The SMILES string of the molecule is CCC(CC)NC(=O)C1CN(CC(=O)Nc2ccc(C(=O)OC)cc2)c2ccccc2O1. The van der Waals surface area contributed by atoms with Crippen LogP contribution in [0.5, 0.6) is 5.75 Å². The van der Waals surface area contributed by atoms with Gasteiger partial charge < -0.3 is 25.0 Å². The van der Waals surface area contributed by atoms with E-state index >= 15 is 0 Å². The highest BCUT2D eigenvalue weighted by molar-refractivity contribution is 5.96. The molecule has 32 heavy (non-hydrogen) atoms. The van der Waals surface area contributed by atoms with Crippen molar-refractivity contribution in [1.82, 2.24) is 5.32 Å². The van der Waals surface area contributed by atoms with Crippen LogP contribution in [0.1, 0.15) is 37.0 Å². The topological polar surface area (TPSA) is 97.0 Å². The Morgan fingerprint density at radius 2 is 1.78 bits per heavy atom. The Labute approximate surface area is 187 Å². The van der Waals surface area contributed by atoms with Gasteiger partial charge in [0.2, 0.25) is 5.91 Å². The highest BCUT2D eigenvalue weighted by Crippen LogP contribution is 2.33. The van der Waals surface area contributed by atoms with Crippen molar-refractivity contribution in [3.8, 4) is 5.75 Å². The number of carbonyl (C=O) groups excluding carboxylic acids is 3. The molecule has 0 saturated heterocycles. The van der Waals surface area contributed by atoms with Gasteiger partial charge in [-0.3, -0.25) is 9.59 Å². The second kappa shape index (κ2) is 10.7. The molecule has 2 aromatic carbocycles. The Morgan fingerprint density at radius 3 is 2.44 bits per heavy atom. The highest BCUT2D eigenvalue weighted by Gasteiger charge is 2.32. The summed E-state index contributed by atoms with van der Waals surface area (Å²) in [5.41, 5.74) is 1.72. The second-order valence-corrected chi connectivity index (χ2v) is 7.59. The summed E-state index contributed by atoms with van der Waals surface area (Å²) >= 11 is 0. The highest BCUT2D eigenvalue weighted by atomic mass is 16.5. The molecule has 0 saturated carbocycles. The van der Waals surface area contributed by atoms with E-state index in [1.807, 2.05) is 36.9 Å². The predicted octanol–water partition coefficient (Wildman–Crippen LogP) is 2.98. The summed E-state index contributed by atoms with van der Waals surface area (Å²) in [5, 5.41) is 5.85. The summed E-state index contributed by atoms with van der Waals surface area (Å²) in [6.07, 6.45) is 0.969. The molecule has 1 aliphatic rings. The summed E-state index contributed by atoms with van der Waals surface area (Å²) in [7, 11) is 1.32. The molecule has 0 radical (unpaired) electrons. The molecule has 8 heteroatoms. The largest absolute Gasteiger partial charge is 0.477 e. The molecule has 0 spiro atoms. The third-order valence-corrected chi connectivity index (χ3v) is 5.41. The lowest BCUT2D eigenvalue weighted by atomic mass is 10.1. The molecule has 2 aromatic rings. The quantitative estimate of drug-likeness (QED) is 0.614. The molecule has 170 valence electrons. The van der Waals surface area contributed by atoms with Gasteiger partial charge in [0, 0.05) is 11.7 Å². The zero-order chi connectivity index (χ0) is 23.1. The first kappa shape index (κ1) is 23.1. The van der Waals surface area contributed by atoms with Crippen molar-refractivity contribution < 1.29 is 23.9 Å². The summed E-state index contributed by atoms with van der Waals surface area (Å²) in [6, 6.07) is 13.9. The molecule has 0 aliphatic carbocycles. The number of hydrogen-bond donors (Lipinski definition) is 2. The number of esters is 1. The first-order valence-corrected chi connectivity index (χ1v) is 10.7. The number of benzene rings is 2. The van der Waals surface area contributed by atoms with Crippen molar-refractivity contribution in [2.45, 2.75) is 38.8 Å². The van der Waals surface area contributed by atoms with Crippen molar-refractivity contribution in [3.05, 3.63) is 54.1 Å². The fourth-order valence-corrected chi connectivity index (χ4v) is 3.56. The van der Waals surface area contributed by atoms with E-state index in [-0.39, 0.29) is 30.9 Å². The number of hydrogen-bond acceptors (Lipinski definition) is 6. The Hall–Kier alpha value is -3.55. The van der Waals surface area contributed by atoms with Gasteiger partial charge in [0.25, 0.3) is 5.91 Å². The zero-order valence-electron chi connectivity index (χ0n) is 18.6. The fourth-order valence-electron chi connectivity index (χ4n) is 3.56. The van der Waals surface area contributed by atoms with E-state index in [9.17, 15) is 14.4 Å². The third-order valence-electron chi connectivity index (χ3n) is 5.41. The van der Waals surface area contributed by atoms with Crippen molar-refractivity contribution in [2.24, 2.45) is 0 Å². The molecule has 0 fully saturated rings. The van der Waals surface area contributed by atoms with Gasteiger partial charge in [0.05, 0.1) is 31.5 Å². The van der Waals surface area contributed by atoms with Gasteiger partial charge in [-0.15, -0.1) is 0 Å². The first-order chi connectivity index (χ1) is 15.4. The van der Waals surface area contributed by atoms with E-state index < -0.39 is 12.1 Å². The number of nitrogens with zero attached hydrogens (tertiary/aromatic N) is 1. The maximum Gasteiger partial charge on any atom is 0.337 e. The van der Waals surface area contributed by atoms with Crippen LogP contribution < -0.4 is 20.3 Å². The lowest BCUT2D eigenvalue weighted by molar-refractivity contribution is -0.129. The van der Waals surface area contributed by atoms with Crippen LogP contribution in [-0.4, -0.2) is 50.1 Å². The van der Waals surface area contributed by atoms with Crippen molar-refractivity contribution in [2.75, 3.05) is 30.4 Å². The molecular weight excluding hydrogens is 410 g/mol. The third kappa shape index (κ3) is 5.57. The fraction of sp³-hybridized carbons (Fsp3) is 0.375. The summed E-state index contributed by atoms with van der Waals surface area (Å²) < 4.78 is 10.6. The van der Waals surface area contributed by atoms with Crippen molar-refractivity contribution in [1.29, 1.82) is 0 Å². The maximum absolute atomic E-state index is 12.8. The number of para-hydroxylation sites is 2. The van der Waals surface area contributed by atoms with Crippen LogP contribution >= 0.6 is 0 Å². The minimum atomic E-state index is -0.711. The minimum Gasteiger partial charge on any atom is -0.477 e. The molecule has 8 nitrogen and oxygen atoms in total. The van der Waals surface area contributed by atoms with Crippen molar-refractivity contribution >= 4 is 29.2 Å². The lowest BCUT2D eigenvalue weighted by Gasteiger charge is -2.35. The normalized spacial score (nSPS) is 14.9. The molecular formula is C24H29N3O5. The Balaban J connectivity index is 1.69. The minimum absolute atomic E-state index is 0.0495. The molecule has 0 bridgehead atoms. The average Bonchev–Trinajstić information content (AvgIpc) is 2.82. The number of ether oxygens (including phenoxy) is 2. The average molecular weight is 440 g/mol. The van der Waals surface area contributed by atoms with Gasteiger partial charge in [-0.2, -0.15) is 0 Å². The van der Waals surface area contributed by atoms with Crippen LogP contribution in [0.2, 0.25) is 0 Å². The van der Waals surface area contributed by atoms with Crippen LogP contribution in [-0.2, 0) is 14.3 Å². The number of nitrogens with one attached hydrogen (secondary N) is 2. The number of anilines is 2. The van der Waals surface area contributed by atoms with E-state index in [0.29, 0.717) is 17.0 Å². The Bertz CT molecular complexity index is 956. The van der Waals surface area contributed by atoms with Crippen LogP contribution in [0.15, 0.2) is 48.5 Å². The van der Waals surface area contributed by atoms with Gasteiger partial charge in [-0.05, 0) is 49.2 Å². The van der Waals surface area contributed by atoms with Gasteiger partial charge >= 0.3 is 5.97 Å². The Morgan fingerprint density at radius 1 is 1.09 bits per heavy atom. The molecule has 2 amide bonds. The number of fused-ring (bicyclic) bond motifs is 1. The number of rotatable bonds is 8. The predicted molar refractivity (Wildman–Crippen MR) is 122 cm³/mol. The Kier molecular flexibility index (Phi) is 7.70. The van der Waals surface area contributed by atoms with Crippen molar-refractivity contribution in [3.63, 3.8) is 0 Å². The van der Waals surface area contributed by atoms with Gasteiger partial charge in [0.15, 0.2) is 6.10 Å². The lowest BCUT2D eigenvalue weighted by Crippen LogP contribution is -2.52. The summed E-state index contributed by atoms with van der Waals surface area (Å²) in [6.45, 7) is 4.37. The van der Waals surface area contributed by atoms with E-state index in [0.717, 1.165) is 18.5 Å². The van der Waals surface area contributed by atoms with E-state index in [1.54, 1.807) is 30.3 Å². The van der Waals surface area contributed by atoms with Crippen LogP contribution in [0.3, 0.4) is 0 Å². The molecule has 1 aliphatic heterocycles. The number of methoxy groups -OCH3 is 1. The molecule has 1 heterocycles. The molecule has 2 N–H and O–H groups in total. The van der Waals surface area contributed by atoms with E-state index in [1.165, 1.54) is 7.11 Å². The van der Waals surface area contributed by atoms with E-state index in [4.69, 9.17) is 4.74 Å². The van der Waals surface area contributed by atoms with Crippen LogP contribution in [0.4, 0.5) is 11.4 Å². The molecule has 3 rings (SSSR count). The molecule has 1 atom stereocenters. The van der Waals surface area contributed by atoms with Crippen LogP contribution in [0.25, 0.3) is 0 Å². The smallest absolute Gasteiger partial charge is 0.337 e. The number of carbonyl (C=O) groups is 3. The molecule has 1 unspecified atom stereocenters. The standard InChI is InChI=1S/C24H29N3O5/c1-4-17(5-2)26-23(29)21-14-27(19-8-6-7-9-20(19)32-21)15-22(28)25-18-12-10-16(11-13-18)24(30)31-3/h6-13,17,21H,4-5,14-15H2,1-3H3,(H,25,28)(H,26,29). The van der Waals surface area contributed by atoms with Gasteiger partial charge in [-0.1, -0.05) is 26.0 Å². The second-order valence-electron chi connectivity index (χ2n) is 7.59. The number of amides is 2.